The summed E-state index contributed by atoms with van der Waals surface area (Å²) >= 11 is 0. The summed E-state index contributed by atoms with van der Waals surface area (Å²) in [7, 11) is 0. The van der Waals surface area contributed by atoms with Gasteiger partial charge in [-0.3, -0.25) is 0 Å². The van der Waals surface area contributed by atoms with Crippen molar-refractivity contribution in [3.05, 3.63) is 11.6 Å². The van der Waals surface area contributed by atoms with Gasteiger partial charge in [-0.1, -0.05) is 11.6 Å². The predicted molar refractivity (Wildman–Crippen MR) is 57.6 cm³/mol. The van der Waals surface area contributed by atoms with Gasteiger partial charge >= 0.3 is 0 Å². The Morgan fingerprint density at radius 3 is 2.88 bits per heavy atom. The largest absolute Gasteiger partial charge is 0.396 e. The highest BCUT2D eigenvalue weighted by Gasteiger charge is 2.71. The van der Waals surface area contributed by atoms with Gasteiger partial charge in [0, 0.05) is 18.4 Å². The van der Waals surface area contributed by atoms with Gasteiger partial charge in [0.05, 0.1) is 13.2 Å². The van der Waals surface area contributed by atoms with Crippen molar-refractivity contribution in [3.8, 4) is 0 Å². The van der Waals surface area contributed by atoms with Gasteiger partial charge < -0.3 is 14.6 Å². The number of aliphatic hydroxyl groups is 1. The van der Waals surface area contributed by atoms with E-state index in [0.29, 0.717) is 11.8 Å². The van der Waals surface area contributed by atoms with Crippen LogP contribution in [0.15, 0.2) is 11.6 Å². The zero-order valence-electron chi connectivity index (χ0n) is 9.39. The molecule has 1 aliphatic heterocycles. The molecular weight excluding hydrogens is 204 g/mol. The van der Waals surface area contributed by atoms with Gasteiger partial charge in [-0.15, -0.1) is 0 Å². The third-order valence-corrected chi connectivity index (χ3v) is 5.12. The minimum atomic E-state index is -0.253. The van der Waals surface area contributed by atoms with E-state index in [-0.39, 0.29) is 12.4 Å². The summed E-state index contributed by atoms with van der Waals surface area (Å²) < 4.78 is 11.8. The van der Waals surface area contributed by atoms with E-state index in [4.69, 9.17) is 14.6 Å². The Balaban J connectivity index is 1.68. The molecule has 0 aromatic carbocycles. The van der Waals surface area contributed by atoms with Gasteiger partial charge in [-0.2, -0.15) is 0 Å². The van der Waals surface area contributed by atoms with E-state index in [1.165, 1.54) is 18.4 Å². The number of rotatable bonds is 2. The fourth-order valence-corrected chi connectivity index (χ4v) is 4.65. The molecule has 1 N–H and O–H groups in total. The second-order valence-electron chi connectivity index (χ2n) is 5.53. The Morgan fingerprint density at radius 2 is 2.12 bits per heavy atom. The summed E-state index contributed by atoms with van der Waals surface area (Å²) in [5.41, 5.74) is 1.47. The maximum atomic E-state index is 9.10. The van der Waals surface area contributed by atoms with Gasteiger partial charge in [-0.25, -0.2) is 0 Å². The Kier molecular flexibility index (Phi) is 1.86. The Bertz CT molecular complexity index is 343. The fraction of sp³-hybridized carbons (Fsp3) is 0.846. The molecule has 1 saturated heterocycles. The van der Waals surface area contributed by atoms with Crippen LogP contribution < -0.4 is 0 Å². The third kappa shape index (κ3) is 0.918. The van der Waals surface area contributed by atoms with E-state index in [9.17, 15) is 0 Å². The number of hydrogen-bond acceptors (Lipinski definition) is 3. The molecule has 3 fully saturated rings. The monoisotopic (exact) mass is 222 g/mol. The highest BCUT2D eigenvalue weighted by Crippen LogP contribution is 2.68. The molecule has 0 aromatic heterocycles. The molecule has 3 heteroatoms. The van der Waals surface area contributed by atoms with Crippen LogP contribution in [0.4, 0.5) is 0 Å². The summed E-state index contributed by atoms with van der Waals surface area (Å²) in [5, 5.41) is 9.10. The standard InChI is InChI=1S/C13H18O3/c14-4-3-8-7-11-12-9(8)1-2-10(12)13(11)15-5-6-16-13/h7,9-12,14H,1-6H2/t9-,10-,11?,12+/m0/s1. The second-order valence-corrected chi connectivity index (χ2v) is 5.53. The van der Waals surface area contributed by atoms with Crippen molar-refractivity contribution in [1.82, 2.24) is 0 Å². The summed E-state index contributed by atoms with van der Waals surface area (Å²) in [6.07, 6.45) is 5.72. The predicted octanol–water partition coefficient (Wildman–Crippen LogP) is 1.32. The molecule has 0 aromatic rings. The SMILES string of the molecule is OCCC1=CC2[C@@H]3[C@H]1CC[C@@H]3C21OCCO1. The van der Waals surface area contributed by atoms with Crippen molar-refractivity contribution in [3.63, 3.8) is 0 Å². The Morgan fingerprint density at radius 1 is 1.31 bits per heavy atom. The molecule has 3 aliphatic carbocycles. The van der Waals surface area contributed by atoms with Crippen LogP contribution >= 0.6 is 0 Å². The first-order valence-electron chi connectivity index (χ1n) is 6.46. The van der Waals surface area contributed by atoms with Crippen LogP contribution in [0.1, 0.15) is 19.3 Å². The number of fused-ring (bicyclic) bond motifs is 2. The van der Waals surface area contributed by atoms with E-state index in [0.717, 1.165) is 31.5 Å². The van der Waals surface area contributed by atoms with Crippen LogP contribution in [0.5, 0.6) is 0 Å². The van der Waals surface area contributed by atoms with E-state index >= 15 is 0 Å². The van der Waals surface area contributed by atoms with Crippen LogP contribution in [0.2, 0.25) is 0 Å². The topological polar surface area (TPSA) is 38.7 Å². The van der Waals surface area contributed by atoms with E-state index in [1.54, 1.807) is 0 Å². The van der Waals surface area contributed by atoms with Crippen molar-refractivity contribution in [2.45, 2.75) is 25.0 Å². The number of hydrogen-bond donors (Lipinski definition) is 1. The zero-order chi connectivity index (χ0) is 10.8. The zero-order valence-corrected chi connectivity index (χ0v) is 9.39. The van der Waals surface area contributed by atoms with Crippen LogP contribution in [0.3, 0.4) is 0 Å². The van der Waals surface area contributed by atoms with E-state index in [2.05, 4.69) is 6.08 Å². The molecule has 3 nitrogen and oxygen atoms in total. The third-order valence-electron chi connectivity index (χ3n) is 5.12. The molecule has 1 unspecified atom stereocenters. The highest BCUT2D eigenvalue weighted by molar-refractivity contribution is 5.31. The van der Waals surface area contributed by atoms with Gasteiger partial charge in [0.15, 0.2) is 5.79 Å². The summed E-state index contributed by atoms with van der Waals surface area (Å²) in [6, 6.07) is 0. The maximum absolute atomic E-state index is 9.10. The summed E-state index contributed by atoms with van der Waals surface area (Å²) in [6.45, 7) is 1.79. The average Bonchev–Trinajstić information content (AvgIpc) is 2.90. The van der Waals surface area contributed by atoms with Crippen molar-refractivity contribution in [2.24, 2.45) is 23.7 Å². The first kappa shape index (κ1) is 9.63. The lowest BCUT2D eigenvalue weighted by atomic mass is 9.61. The molecule has 4 atom stereocenters. The fourth-order valence-electron chi connectivity index (χ4n) is 4.65. The second kappa shape index (κ2) is 3.09. The number of ether oxygens (including phenoxy) is 2. The average molecular weight is 222 g/mol. The van der Waals surface area contributed by atoms with Crippen LogP contribution in [0.25, 0.3) is 0 Å². The van der Waals surface area contributed by atoms with Gasteiger partial charge in [-0.05, 0) is 31.1 Å². The molecule has 0 amide bonds. The quantitative estimate of drug-likeness (QED) is 0.716. The van der Waals surface area contributed by atoms with Crippen LogP contribution in [-0.4, -0.2) is 30.7 Å². The summed E-state index contributed by atoms with van der Waals surface area (Å²) in [5.74, 6) is 2.34. The lowest BCUT2D eigenvalue weighted by Crippen LogP contribution is -2.60. The molecule has 4 aliphatic rings. The Hall–Kier alpha value is -0.380. The highest BCUT2D eigenvalue weighted by atomic mass is 16.7. The first-order valence-corrected chi connectivity index (χ1v) is 6.46. The molecule has 16 heavy (non-hydrogen) atoms. The molecule has 1 spiro atoms. The molecule has 2 saturated carbocycles. The van der Waals surface area contributed by atoms with E-state index in [1.807, 2.05) is 0 Å². The van der Waals surface area contributed by atoms with Crippen molar-refractivity contribution < 1.29 is 14.6 Å². The normalized spacial score (nSPS) is 46.9. The number of aliphatic hydroxyl groups excluding tert-OH is 1. The van der Waals surface area contributed by atoms with Crippen molar-refractivity contribution in [2.75, 3.05) is 19.8 Å². The van der Waals surface area contributed by atoms with Crippen molar-refractivity contribution in [1.29, 1.82) is 0 Å². The van der Waals surface area contributed by atoms with Gasteiger partial charge in [0.25, 0.3) is 0 Å². The molecule has 88 valence electrons. The minimum Gasteiger partial charge on any atom is -0.396 e. The lowest BCUT2D eigenvalue weighted by molar-refractivity contribution is -0.298. The molecular formula is C13H18O3. The summed E-state index contributed by atoms with van der Waals surface area (Å²) in [4.78, 5) is 0. The van der Waals surface area contributed by atoms with E-state index < -0.39 is 0 Å². The smallest absolute Gasteiger partial charge is 0.178 e. The minimum absolute atomic E-state index is 0.253. The lowest BCUT2D eigenvalue weighted by Gasteiger charge is -2.53. The molecule has 0 radical (unpaired) electrons. The van der Waals surface area contributed by atoms with Crippen LogP contribution in [0, 0.1) is 23.7 Å². The van der Waals surface area contributed by atoms with Gasteiger partial charge in [0.2, 0.25) is 0 Å². The van der Waals surface area contributed by atoms with Crippen LogP contribution in [-0.2, 0) is 9.47 Å². The first-order chi connectivity index (χ1) is 7.87. The molecule has 4 rings (SSSR count). The molecule has 1 heterocycles. The van der Waals surface area contributed by atoms with Crippen molar-refractivity contribution >= 4 is 0 Å². The van der Waals surface area contributed by atoms with Gasteiger partial charge in [0.1, 0.15) is 0 Å². The Labute approximate surface area is 95.4 Å². The maximum Gasteiger partial charge on any atom is 0.178 e. The molecule has 0 bridgehead atoms.